The molecular formula is C12H11N3O2. The van der Waals surface area contributed by atoms with Gasteiger partial charge >= 0.3 is 5.97 Å². The van der Waals surface area contributed by atoms with Crippen LogP contribution in [-0.2, 0) is 6.42 Å². The Bertz CT molecular complexity index is 562. The van der Waals surface area contributed by atoms with Gasteiger partial charge in [0.2, 0.25) is 0 Å². The molecule has 0 fully saturated rings. The number of carboxylic acid groups (broad SMARTS) is 1. The number of carboxylic acids is 1. The molecule has 0 saturated carbocycles. The number of aromatic carboxylic acids is 1. The number of rotatable bonds is 2. The van der Waals surface area contributed by atoms with E-state index in [0.29, 0.717) is 6.42 Å². The largest absolute Gasteiger partial charge is 0.476 e. The summed E-state index contributed by atoms with van der Waals surface area (Å²) in [4.78, 5) is 10.9. The van der Waals surface area contributed by atoms with Crippen molar-refractivity contribution < 1.29 is 9.90 Å². The van der Waals surface area contributed by atoms with E-state index in [0.717, 1.165) is 17.7 Å². The summed E-state index contributed by atoms with van der Waals surface area (Å²) in [7, 11) is 0. The van der Waals surface area contributed by atoms with Gasteiger partial charge in [0, 0.05) is 0 Å². The van der Waals surface area contributed by atoms with Crippen LogP contribution in [0.5, 0.6) is 0 Å². The van der Waals surface area contributed by atoms with Crippen molar-refractivity contribution in [2.45, 2.75) is 18.9 Å². The van der Waals surface area contributed by atoms with Crippen molar-refractivity contribution in [1.82, 2.24) is 15.0 Å². The molecule has 0 spiro atoms. The molecule has 86 valence electrons. The van der Waals surface area contributed by atoms with Crippen LogP contribution in [0.1, 0.15) is 34.2 Å². The Morgan fingerprint density at radius 3 is 2.82 bits per heavy atom. The zero-order valence-electron chi connectivity index (χ0n) is 9.08. The van der Waals surface area contributed by atoms with E-state index in [1.54, 1.807) is 4.68 Å². The number of aromatic nitrogens is 3. The number of hydrogen-bond donors (Lipinski definition) is 1. The van der Waals surface area contributed by atoms with Crippen molar-refractivity contribution in [3.63, 3.8) is 0 Å². The lowest BCUT2D eigenvalue weighted by atomic mass is 10.1. The number of nitrogens with zero attached hydrogens (tertiary/aromatic N) is 3. The van der Waals surface area contributed by atoms with Crippen LogP contribution in [0.25, 0.3) is 0 Å². The van der Waals surface area contributed by atoms with E-state index in [1.807, 2.05) is 30.3 Å². The van der Waals surface area contributed by atoms with Gasteiger partial charge in [-0.1, -0.05) is 35.5 Å². The first-order valence-electron chi connectivity index (χ1n) is 5.49. The number of benzene rings is 1. The molecule has 1 atom stereocenters. The highest BCUT2D eigenvalue weighted by molar-refractivity contribution is 5.86. The molecular weight excluding hydrogens is 218 g/mol. The molecule has 5 nitrogen and oxygen atoms in total. The molecule has 5 heteroatoms. The third-order valence-electron chi connectivity index (χ3n) is 3.13. The molecule has 1 aliphatic heterocycles. The van der Waals surface area contributed by atoms with Crippen molar-refractivity contribution in [1.29, 1.82) is 0 Å². The fraction of sp³-hybridized carbons (Fsp3) is 0.250. The fourth-order valence-corrected chi connectivity index (χ4v) is 2.34. The van der Waals surface area contributed by atoms with Gasteiger partial charge in [0.1, 0.15) is 0 Å². The highest BCUT2D eigenvalue weighted by Gasteiger charge is 2.30. The minimum atomic E-state index is -1.00. The quantitative estimate of drug-likeness (QED) is 0.847. The first-order valence-corrected chi connectivity index (χ1v) is 5.49. The molecule has 2 heterocycles. The van der Waals surface area contributed by atoms with E-state index >= 15 is 0 Å². The molecule has 1 aromatic carbocycles. The number of carbonyl (C=O) groups is 1. The van der Waals surface area contributed by atoms with Crippen LogP contribution in [0.2, 0.25) is 0 Å². The maximum absolute atomic E-state index is 10.9. The Morgan fingerprint density at radius 1 is 1.35 bits per heavy atom. The van der Waals surface area contributed by atoms with Crippen LogP contribution in [0.3, 0.4) is 0 Å². The Labute approximate surface area is 97.7 Å². The molecule has 1 N–H and O–H groups in total. The molecule has 2 aromatic rings. The predicted molar refractivity (Wildman–Crippen MR) is 59.9 cm³/mol. The van der Waals surface area contributed by atoms with E-state index in [9.17, 15) is 4.79 Å². The molecule has 1 aliphatic rings. The normalized spacial score (nSPS) is 18.0. The summed E-state index contributed by atoms with van der Waals surface area (Å²) in [5.41, 5.74) is 1.96. The van der Waals surface area contributed by atoms with Gasteiger partial charge in [-0.2, -0.15) is 0 Å². The van der Waals surface area contributed by atoms with Crippen LogP contribution in [0, 0.1) is 0 Å². The second-order valence-electron chi connectivity index (χ2n) is 4.10. The summed E-state index contributed by atoms with van der Waals surface area (Å²) in [6.07, 6.45) is 1.60. The summed E-state index contributed by atoms with van der Waals surface area (Å²) in [6, 6.07) is 10.1. The molecule has 17 heavy (non-hydrogen) atoms. The van der Waals surface area contributed by atoms with Gasteiger partial charge in [-0.05, 0) is 18.4 Å². The number of fused-ring (bicyclic) bond motifs is 1. The maximum Gasteiger partial charge on any atom is 0.358 e. The molecule has 0 aliphatic carbocycles. The van der Waals surface area contributed by atoms with Crippen molar-refractivity contribution in [2.24, 2.45) is 0 Å². The van der Waals surface area contributed by atoms with Crippen LogP contribution in [0.4, 0.5) is 0 Å². The Hall–Kier alpha value is -2.17. The van der Waals surface area contributed by atoms with Crippen molar-refractivity contribution in [3.8, 4) is 0 Å². The number of hydrogen-bond acceptors (Lipinski definition) is 3. The molecule has 1 unspecified atom stereocenters. The first-order chi connectivity index (χ1) is 8.27. The molecule has 1 aromatic heterocycles. The summed E-state index contributed by atoms with van der Waals surface area (Å²) < 4.78 is 1.73. The Balaban J connectivity index is 2.03. The average Bonchev–Trinajstić information content (AvgIpc) is 2.89. The lowest BCUT2D eigenvalue weighted by Crippen LogP contribution is -2.07. The van der Waals surface area contributed by atoms with Crippen LogP contribution in [-0.4, -0.2) is 26.1 Å². The Kier molecular flexibility index (Phi) is 2.18. The van der Waals surface area contributed by atoms with Gasteiger partial charge in [0.15, 0.2) is 5.69 Å². The average molecular weight is 229 g/mol. The van der Waals surface area contributed by atoms with Crippen LogP contribution >= 0.6 is 0 Å². The van der Waals surface area contributed by atoms with E-state index in [2.05, 4.69) is 10.3 Å². The highest BCUT2D eigenvalue weighted by atomic mass is 16.4. The summed E-state index contributed by atoms with van der Waals surface area (Å²) in [5.74, 6) is -1.00. The van der Waals surface area contributed by atoms with Crippen molar-refractivity contribution in [2.75, 3.05) is 0 Å². The first kappa shape index (κ1) is 10.0. The third kappa shape index (κ3) is 1.51. The van der Waals surface area contributed by atoms with Gasteiger partial charge in [-0.3, -0.25) is 0 Å². The standard InChI is InChI=1S/C12H11N3O2/c16-12(17)11-10-7-6-9(15(10)14-13-11)8-4-2-1-3-5-8/h1-5,9H,6-7H2,(H,16,17). The Morgan fingerprint density at radius 2 is 2.12 bits per heavy atom. The van der Waals surface area contributed by atoms with Gasteiger partial charge in [-0.15, -0.1) is 5.10 Å². The third-order valence-corrected chi connectivity index (χ3v) is 3.13. The van der Waals surface area contributed by atoms with Gasteiger partial charge in [0.05, 0.1) is 11.7 Å². The minimum Gasteiger partial charge on any atom is -0.476 e. The van der Waals surface area contributed by atoms with Gasteiger partial charge < -0.3 is 5.11 Å². The molecule has 3 rings (SSSR count). The molecule has 0 bridgehead atoms. The topological polar surface area (TPSA) is 68.0 Å². The lowest BCUT2D eigenvalue weighted by molar-refractivity contribution is 0.0689. The molecule has 0 radical (unpaired) electrons. The monoisotopic (exact) mass is 229 g/mol. The smallest absolute Gasteiger partial charge is 0.358 e. The fourth-order valence-electron chi connectivity index (χ4n) is 2.34. The minimum absolute atomic E-state index is 0.0865. The molecule has 0 saturated heterocycles. The predicted octanol–water partition coefficient (Wildman–Crippen LogP) is 1.51. The van der Waals surface area contributed by atoms with E-state index < -0.39 is 5.97 Å². The van der Waals surface area contributed by atoms with Gasteiger partial charge in [0.25, 0.3) is 0 Å². The molecule has 0 amide bonds. The van der Waals surface area contributed by atoms with Crippen molar-refractivity contribution in [3.05, 3.63) is 47.3 Å². The lowest BCUT2D eigenvalue weighted by Gasteiger charge is -2.10. The zero-order valence-corrected chi connectivity index (χ0v) is 9.08. The summed E-state index contributed by atoms with van der Waals surface area (Å²) in [6.45, 7) is 0. The highest BCUT2D eigenvalue weighted by Crippen LogP contribution is 2.31. The summed E-state index contributed by atoms with van der Waals surface area (Å²) >= 11 is 0. The van der Waals surface area contributed by atoms with Crippen molar-refractivity contribution >= 4 is 5.97 Å². The van der Waals surface area contributed by atoms with E-state index in [1.165, 1.54) is 0 Å². The van der Waals surface area contributed by atoms with Gasteiger partial charge in [-0.25, -0.2) is 9.48 Å². The van der Waals surface area contributed by atoms with E-state index in [4.69, 9.17) is 5.11 Å². The van der Waals surface area contributed by atoms with Crippen LogP contribution < -0.4 is 0 Å². The summed E-state index contributed by atoms with van der Waals surface area (Å²) in [5, 5.41) is 16.7. The zero-order chi connectivity index (χ0) is 11.8. The second kappa shape index (κ2) is 3.69. The maximum atomic E-state index is 10.9. The second-order valence-corrected chi connectivity index (χ2v) is 4.10. The SMILES string of the molecule is O=C(O)c1nnn2c1CCC2c1ccccc1. The van der Waals surface area contributed by atoms with Crippen LogP contribution in [0.15, 0.2) is 30.3 Å². The van der Waals surface area contributed by atoms with E-state index in [-0.39, 0.29) is 11.7 Å².